The summed E-state index contributed by atoms with van der Waals surface area (Å²) in [6.45, 7) is 2.12. The van der Waals surface area contributed by atoms with Crippen LogP contribution in [-0.4, -0.2) is 21.5 Å². The van der Waals surface area contributed by atoms with Crippen molar-refractivity contribution in [3.05, 3.63) is 99.9 Å². The van der Waals surface area contributed by atoms with Crippen LogP contribution in [0.3, 0.4) is 0 Å². The van der Waals surface area contributed by atoms with Gasteiger partial charge in [0.1, 0.15) is 28.7 Å². The summed E-state index contributed by atoms with van der Waals surface area (Å²) < 4.78 is 21.4. The van der Waals surface area contributed by atoms with Crippen LogP contribution in [0, 0.1) is 17.1 Å². The molecule has 6 nitrogen and oxygen atoms in total. The minimum absolute atomic E-state index is 0.129. The Bertz CT molecular complexity index is 1360. The monoisotopic (exact) mass is 415 g/mol. The Morgan fingerprint density at radius 1 is 1.10 bits per heavy atom. The number of nitrogens with zero attached hydrogens (tertiary/aromatic N) is 3. The number of carbonyl (C=O) groups is 1. The van der Waals surface area contributed by atoms with Gasteiger partial charge in [0.15, 0.2) is 0 Å². The number of esters is 1. The molecule has 0 aliphatic carbocycles. The Kier molecular flexibility index (Phi) is 5.37. The summed E-state index contributed by atoms with van der Waals surface area (Å²) in [5, 5.41) is 9.92. The Balaban J connectivity index is 2.02. The highest BCUT2D eigenvalue weighted by molar-refractivity contribution is 5.89. The Labute approximate surface area is 177 Å². The van der Waals surface area contributed by atoms with Crippen LogP contribution in [0.15, 0.2) is 71.8 Å². The highest BCUT2D eigenvalue weighted by atomic mass is 19.1. The standard InChI is InChI=1S/C24H18FN3O3/c1-2-31-24(30)21-14-27(13-16-6-4-3-5-7-16)22-19(12-26)20(15-28(22)23(21)29)17-8-10-18(25)11-9-17/h3-11,14-15H,2,13H2,1H3. The van der Waals surface area contributed by atoms with Gasteiger partial charge in [-0.3, -0.25) is 9.20 Å². The molecule has 2 heterocycles. The fourth-order valence-corrected chi connectivity index (χ4v) is 3.54. The van der Waals surface area contributed by atoms with Crippen molar-refractivity contribution >= 4 is 11.6 Å². The summed E-state index contributed by atoms with van der Waals surface area (Å²) in [5.41, 5.74) is 1.89. The van der Waals surface area contributed by atoms with Gasteiger partial charge in [-0.25, -0.2) is 9.18 Å². The zero-order valence-electron chi connectivity index (χ0n) is 16.7. The SMILES string of the molecule is CCOC(=O)c1cn(Cc2ccccc2)c2c(C#N)c(-c3ccc(F)cc3)cn2c1=O. The number of halogens is 1. The lowest BCUT2D eigenvalue weighted by Crippen LogP contribution is -2.26. The number of benzene rings is 2. The first-order valence-electron chi connectivity index (χ1n) is 9.69. The van der Waals surface area contributed by atoms with Crippen molar-refractivity contribution in [3.63, 3.8) is 0 Å². The maximum absolute atomic E-state index is 13.4. The van der Waals surface area contributed by atoms with Gasteiger partial charge in [-0.2, -0.15) is 5.26 Å². The predicted octanol–water partition coefficient (Wildman–Crippen LogP) is 4.00. The second kappa shape index (κ2) is 8.28. The van der Waals surface area contributed by atoms with Gasteiger partial charge in [-0.05, 0) is 30.2 Å². The third-order valence-corrected chi connectivity index (χ3v) is 4.94. The van der Waals surface area contributed by atoms with Crippen molar-refractivity contribution in [1.82, 2.24) is 8.97 Å². The number of rotatable bonds is 5. The molecule has 0 fully saturated rings. The van der Waals surface area contributed by atoms with Gasteiger partial charge in [0.05, 0.1) is 6.61 Å². The summed E-state index contributed by atoms with van der Waals surface area (Å²) in [7, 11) is 0. The molecule has 0 aliphatic heterocycles. The molecule has 0 bridgehead atoms. The summed E-state index contributed by atoms with van der Waals surface area (Å²) in [6, 6.07) is 17.3. The number of carbonyl (C=O) groups excluding carboxylic acids is 1. The fraction of sp³-hybridized carbons (Fsp3) is 0.125. The Morgan fingerprint density at radius 2 is 1.81 bits per heavy atom. The third kappa shape index (κ3) is 3.71. The molecule has 0 saturated heterocycles. The highest BCUT2D eigenvalue weighted by Crippen LogP contribution is 2.28. The van der Waals surface area contributed by atoms with Crippen LogP contribution in [0.2, 0.25) is 0 Å². The molecule has 31 heavy (non-hydrogen) atoms. The van der Waals surface area contributed by atoms with Crippen molar-refractivity contribution in [2.24, 2.45) is 0 Å². The van der Waals surface area contributed by atoms with Crippen molar-refractivity contribution in [2.45, 2.75) is 13.5 Å². The first kappa shape index (κ1) is 20.1. The first-order chi connectivity index (χ1) is 15.0. The molecule has 0 N–H and O–H groups in total. The molecule has 4 rings (SSSR count). The molecular weight excluding hydrogens is 397 g/mol. The van der Waals surface area contributed by atoms with Crippen LogP contribution >= 0.6 is 0 Å². The van der Waals surface area contributed by atoms with Crippen molar-refractivity contribution in [1.29, 1.82) is 5.26 Å². The van der Waals surface area contributed by atoms with Gasteiger partial charge in [0.2, 0.25) is 0 Å². The summed E-state index contributed by atoms with van der Waals surface area (Å²) >= 11 is 0. The van der Waals surface area contributed by atoms with E-state index in [9.17, 15) is 19.2 Å². The van der Waals surface area contributed by atoms with Crippen molar-refractivity contribution in [2.75, 3.05) is 6.61 Å². The van der Waals surface area contributed by atoms with E-state index in [0.29, 0.717) is 23.3 Å². The number of fused-ring (bicyclic) bond motifs is 1. The van der Waals surface area contributed by atoms with Crippen molar-refractivity contribution in [3.8, 4) is 17.2 Å². The van der Waals surface area contributed by atoms with E-state index in [2.05, 4.69) is 6.07 Å². The Hall–Kier alpha value is -4.18. The first-order valence-corrected chi connectivity index (χ1v) is 9.69. The predicted molar refractivity (Wildman–Crippen MR) is 113 cm³/mol. The average molecular weight is 415 g/mol. The van der Waals surface area contributed by atoms with Gasteiger partial charge < -0.3 is 9.30 Å². The third-order valence-electron chi connectivity index (χ3n) is 4.94. The van der Waals surface area contributed by atoms with Gasteiger partial charge in [0, 0.05) is 24.5 Å². The topological polar surface area (TPSA) is 76.5 Å². The minimum Gasteiger partial charge on any atom is -0.462 e. The number of aromatic nitrogens is 2. The van der Waals surface area contributed by atoms with E-state index in [-0.39, 0.29) is 17.7 Å². The average Bonchev–Trinajstić information content (AvgIpc) is 3.17. The van der Waals surface area contributed by atoms with Gasteiger partial charge in [-0.1, -0.05) is 42.5 Å². The van der Waals surface area contributed by atoms with E-state index in [1.54, 1.807) is 23.6 Å². The second-order valence-electron chi connectivity index (χ2n) is 6.91. The maximum Gasteiger partial charge on any atom is 0.345 e. The van der Waals surface area contributed by atoms with E-state index in [1.165, 1.54) is 28.9 Å². The smallest absolute Gasteiger partial charge is 0.345 e. The number of hydrogen-bond donors (Lipinski definition) is 0. The largest absolute Gasteiger partial charge is 0.462 e. The van der Waals surface area contributed by atoms with E-state index >= 15 is 0 Å². The van der Waals surface area contributed by atoms with Gasteiger partial charge in [0.25, 0.3) is 5.56 Å². The lowest BCUT2D eigenvalue weighted by atomic mass is 10.1. The van der Waals surface area contributed by atoms with Crippen LogP contribution < -0.4 is 5.56 Å². The van der Waals surface area contributed by atoms with Crippen LogP contribution in [0.4, 0.5) is 4.39 Å². The van der Waals surface area contributed by atoms with Crippen LogP contribution in [-0.2, 0) is 11.3 Å². The zero-order valence-corrected chi connectivity index (χ0v) is 16.7. The number of nitriles is 1. The molecule has 4 aromatic rings. The van der Waals surface area contributed by atoms with E-state index < -0.39 is 17.3 Å². The minimum atomic E-state index is -0.730. The molecule has 0 spiro atoms. The summed E-state index contributed by atoms with van der Waals surface area (Å²) in [6.07, 6.45) is 2.94. The second-order valence-corrected chi connectivity index (χ2v) is 6.91. The molecule has 2 aromatic carbocycles. The van der Waals surface area contributed by atoms with Crippen LogP contribution in [0.25, 0.3) is 16.8 Å². The molecule has 0 unspecified atom stereocenters. The fourth-order valence-electron chi connectivity index (χ4n) is 3.54. The Morgan fingerprint density at radius 3 is 2.45 bits per heavy atom. The zero-order chi connectivity index (χ0) is 22.0. The highest BCUT2D eigenvalue weighted by Gasteiger charge is 2.22. The lowest BCUT2D eigenvalue weighted by molar-refractivity contribution is 0.0523. The van der Waals surface area contributed by atoms with Crippen molar-refractivity contribution < 1.29 is 13.9 Å². The molecule has 154 valence electrons. The molecule has 0 amide bonds. The molecule has 0 radical (unpaired) electrons. The molecule has 0 saturated carbocycles. The van der Waals surface area contributed by atoms with Gasteiger partial charge in [-0.15, -0.1) is 0 Å². The molecule has 0 aliphatic rings. The number of ether oxygens (including phenoxy) is 1. The summed E-state index contributed by atoms with van der Waals surface area (Å²) in [5.74, 6) is -1.13. The summed E-state index contributed by atoms with van der Waals surface area (Å²) in [4.78, 5) is 25.5. The quantitative estimate of drug-likeness (QED) is 0.462. The normalized spacial score (nSPS) is 10.7. The number of hydrogen-bond acceptors (Lipinski definition) is 4. The molecular formula is C24H18FN3O3. The molecule has 2 aromatic heterocycles. The maximum atomic E-state index is 13.4. The molecule has 7 heteroatoms. The van der Waals surface area contributed by atoms with Gasteiger partial charge >= 0.3 is 5.97 Å². The van der Waals surface area contributed by atoms with E-state index in [1.807, 2.05) is 30.3 Å². The van der Waals surface area contributed by atoms with E-state index in [4.69, 9.17) is 4.74 Å². The van der Waals surface area contributed by atoms with E-state index in [0.717, 1.165) is 5.56 Å². The van der Waals surface area contributed by atoms with Crippen LogP contribution in [0.1, 0.15) is 28.4 Å². The van der Waals surface area contributed by atoms with Crippen LogP contribution in [0.5, 0.6) is 0 Å². The lowest BCUT2D eigenvalue weighted by Gasteiger charge is -2.12. The molecule has 0 atom stereocenters.